The second-order valence-corrected chi connectivity index (χ2v) is 7.06. The molecule has 8 heteroatoms. The molecule has 1 amide bonds. The van der Waals surface area contributed by atoms with Crippen LogP contribution in [0, 0.1) is 11.6 Å². The van der Waals surface area contributed by atoms with Gasteiger partial charge in [-0.05, 0) is 32.9 Å². The van der Waals surface area contributed by atoms with E-state index in [1.54, 1.807) is 4.90 Å². The molecule has 0 saturated carbocycles. The summed E-state index contributed by atoms with van der Waals surface area (Å²) < 4.78 is 37.9. The maximum Gasteiger partial charge on any atom is 0.410 e. The van der Waals surface area contributed by atoms with E-state index < -0.39 is 17.2 Å². The number of hydrogen-bond donors (Lipinski definition) is 0. The Hall–Kier alpha value is -2.22. The van der Waals surface area contributed by atoms with Crippen LogP contribution in [0.1, 0.15) is 31.1 Å². The minimum absolute atomic E-state index is 0.170. The Labute approximate surface area is 151 Å². The second-order valence-electron chi connectivity index (χ2n) is 7.06. The van der Waals surface area contributed by atoms with Crippen molar-refractivity contribution in [3.8, 4) is 5.75 Å². The number of amides is 1. The van der Waals surface area contributed by atoms with Crippen LogP contribution in [0.4, 0.5) is 13.6 Å². The zero-order valence-corrected chi connectivity index (χ0v) is 15.3. The highest BCUT2D eigenvalue weighted by molar-refractivity contribution is 5.75. The molecule has 0 radical (unpaired) electrons. The number of nitrogens with zero attached hydrogens (tertiary/aromatic N) is 2. The highest BCUT2D eigenvalue weighted by Crippen LogP contribution is 2.22. The van der Waals surface area contributed by atoms with Gasteiger partial charge in [-0.2, -0.15) is 4.39 Å². The Morgan fingerprint density at radius 2 is 1.81 bits per heavy atom. The minimum Gasteiger partial charge on any atom is -0.489 e. The molecule has 144 valence electrons. The van der Waals surface area contributed by atoms with Gasteiger partial charge in [0.05, 0.1) is 5.56 Å². The van der Waals surface area contributed by atoms with Gasteiger partial charge in [0.25, 0.3) is 0 Å². The Kier molecular flexibility index (Phi) is 6.52. The molecule has 0 N–H and O–H groups in total. The number of benzene rings is 1. The average Bonchev–Trinajstić information content (AvgIpc) is 2.58. The first kappa shape index (κ1) is 20.1. The topological polar surface area (TPSA) is 59.1 Å². The molecule has 0 spiro atoms. The first-order valence-corrected chi connectivity index (χ1v) is 8.47. The molecular formula is C18H24F2N2O4. The summed E-state index contributed by atoms with van der Waals surface area (Å²) in [6, 6.07) is 2.42. The lowest BCUT2D eigenvalue weighted by atomic mass is 10.2. The molecule has 1 saturated heterocycles. The molecule has 1 aliphatic heterocycles. The summed E-state index contributed by atoms with van der Waals surface area (Å²) in [7, 11) is 0. The zero-order chi connectivity index (χ0) is 19.3. The van der Waals surface area contributed by atoms with Gasteiger partial charge >= 0.3 is 6.09 Å². The summed E-state index contributed by atoms with van der Waals surface area (Å²) in [6.07, 6.45) is -0.0759. The number of halogens is 2. The van der Waals surface area contributed by atoms with E-state index in [1.165, 1.54) is 12.1 Å². The van der Waals surface area contributed by atoms with Crippen molar-refractivity contribution in [1.82, 2.24) is 9.80 Å². The predicted octanol–water partition coefficient (Wildman–Crippen LogP) is 2.71. The van der Waals surface area contributed by atoms with Gasteiger partial charge in [0.1, 0.15) is 12.2 Å². The minimum atomic E-state index is -1.21. The van der Waals surface area contributed by atoms with E-state index in [-0.39, 0.29) is 30.3 Å². The van der Waals surface area contributed by atoms with Crippen LogP contribution in [0.3, 0.4) is 0 Å². The number of carbonyl (C=O) groups excluding carboxylic acids is 2. The number of carbonyl (C=O) groups is 2. The Morgan fingerprint density at radius 3 is 2.38 bits per heavy atom. The van der Waals surface area contributed by atoms with Crippen LogP contribution in [0.25, 0.3) is 0 Å². The van der Waals surface area contributed by atoms with E-state index in [0.717, 1.165) is 0 Å². The number of hydrogen-bond acceptors (Lipinski definition) is 5. The number of rotatable bonds is 5. The van der Waals surface area contributed by atoms with E-state index in [1.807, 2.05) is 20.8 Å². The van der Waals surface area contributed by atoms with Gasteiger partial charge in [-0.1, -0.05) is 0 Å². The summed E-state index contributed by atoms with van der Waals surface area (Å²) in [6.45, 7) is 8.50. The molecule has 1 fully saturated rings. The number of piperazine rings is 1. The van der Waals surface area contributed by atoms with Crippen molar-refractivity contribution in [1.29, 1.82) is 0 Å². The maximum atomic E-state index is 13.8. The van der Waals surface area contributed by atoms with Crippen LogP contribution in [-0.4, -0.2) is 67.1 Å². The third-order valence-electron chi connectivity index (χ3n) is 3.89. The third kappa shape index (κ3) is 5.39. The second kappa shape index (κ2) is 8.44. The summed E-state index contributed by atoms with van der Waals surface area (Å²) in [4.78, 5) is 26.3. The predicted molar refractivity (Wildman–Crippen MR) is 91.5 cm³/mol. The Bertz CT molecular complexity index is 653. The fourth-order valence-corrected chi connectivity index (χ4v) is 2.51. The summed E-state index contributed by atoms with van der Waals surface area (Å²) >= 11 is 0. The molecule has 0 bridgehead atoms. The highest BCUT2D eigenvalue weighted by atomic mass is 19.2. The van der Waals surface area contributed by atoms with E-state index in [2.05, 4.69) is 4.90 Å². The van der Waals surface area contributed by atoms with Gasteiger partial charge in [-0.25, -0.2) is 9.18 Å². The van der Waals surface area contributed by atoms with Crippen molar-refractivity contribution >= 4 is 12.4 Å². The van der Waals surface area contributed by atoms with Crippen LogP contribution in [-0.2, 0) is 4.74 Å². The van der Waals surface area contributed by atoms with E-state index in [9.17, 15) is 18.4 Å². The van der Waals surface area contributed by atoms with Crippen LogP contribution < -0.4 is 4.74 Å². The lowest BCUT2D eigenvalue weighted by molar-refractivity contribution is 0.0136. The quantitative estimate of drug-likeness (QED) is 0.746. The lowest BCUT2D eigenvalue weighted by Gasteiger charge is -2.35. The van der Waals surface area contributed by atoms with Crippen molar-refractivity contribution < 1.29 is 27.8 Å². The van der Waals surface area contributed by atoms with Crippen molar-refractivity contribution in [3.63, 3.8) is 0 Å². The standard InChI is InChI=1S/C18H24F2N2O4/c1-18(2,3)26-17(24)22-8-6-21(7-9-22)10-11-25-14-5-4-13(12-23)15(19)16(14)20/h4-5,12H,6-11H2,1-3H3. The highest BCUT2D eigenvalue weighted by Gasteiger charge is 2.25. The molecule has 0 atom stereocenters. The zero-order valence-electron chi connectivity index (χ0n) is 15.3. The Morgan fingerprint density at radius 1 is 1.15 bits per heavy atom. The smallest absolute Gasteiger partial charge is 0.410 e. The molecule has 2 rings (SSSR count). The van der Waals surface area contributed by atoms with Gasteiger partial charge in [-0.15, -0.1) is 0 Å². The van der Waals surface area contributed by atoms with Gasteiger partial charge in [0.15, 0.2) is 17.9 Å². The van der Waals surface area contributed by atoms with Crippen LogP contribution in [0.5, 0.6) is 5.75 Å². The largest absolute Gasteiger partial charge is 0.489 e. The van der Waals surface area contributed by atoms with Crippen molar-refractivity contribution in [2.24, 2.45) is 0 Å². The first-order valence-electron chi connectivity index (χ1n) is 8.47. The van der Waals surface area contributed by atoms with Crippen molar-refractivity contribution in [2.45, 2.75) is 26.4 Å². The van der Waals surface area contributed by atoms with E-state index in [4.69, 9.17) is 9.47 Å². The first-order chi connectivity index (χ1) is 12.2. The van der Waals surface area contributed by atoms with Gasteiger partial charge in [0.2, 0.25) is 5.82 Å². The molecule has 0 unspecified atom stereocenters. The van der Waals surface area contributed by atoms with Gasteiger partial charge in [0, 0.05) is 32.7 Å². The van der Waals surface area contributed by atoms with Gasteiger partial charge < -0.3 is 14.4 Å². The normalized spacial score (nSPS) is 15.7. The van der Waals surface area contributed by atoms with Crippen molar-refractivity contribution in [3.05, 3.63) is 29.3 Å². The molecule has 1 aliphatic rings. The summed E-state index contributed by atoms with van der Waals surface area (Å²) in [5, 5.41) is 0. The molecule has 1 aromatic carbocycles. The fraction of sp³-hybridized carbons (Fsp3) is 0.556. The molecule has 6 nitrogen and oxygen atoms in total. The molecule has 1 aromatic rings. The van der Waals surface area contributed by atoms with Crippen LogP contribution >= 0.6 is 0 Å². The maximum absolute atomic E-state index is 13.8. The summed E-state index contributed by atoms with van der Waals surface area (Å²) in [5.74, 6) is -2.59. The molecular weight excluding hydrogens is 346 g/mol. The lowest BCUT2D eigenvalue weighted by Crippen LogP contribution is -2.50. The molecule has 1 heterocycles. The van der Waals surface area contributed by atoms with Crippen molar-refractivity contribution in [2.75, 3.05) is 39.3 Å². The van der Waals surface area contributed by atoms with E-state index in [0.29, 0.717) is 32.7 Å². The van der Waals surface area contributed by atoms with Gasteiger partial charge in [-0.3, -0.25) is 9.69 Å². The van der Waals surface area contributed by atoms with Crippen LogP contribution in [0.15, 0.2) is 12.1 Å². The number of ether oxygens (including phenoxy) is 2. The summed E-state index contributed by atoms with van der Waals surface area (Å²) in [5.41, 5.74) is -0.867. The fourth-order valence-electron chi connectivity index (χ4n) is 2.51. The van der Waals surface area contributed by atoms with Crippen LogP contribution in [0.2, 0.25) is 0 Å². The molecule has 26 heavy (non-hydrogen) atoms. The molecule has 0 aliphatic carbocycles. The van der Waals surface area contributed by atoms with E-state index >= 15 is 0 Å². The Balaban J connectivity index is 1.76. The molecule has 0 aromatic heterocycles. The monoisotopic (exact) mass is 370 g/mol. The third-order valence-corrected chi connectivity index (χ3v) is 3.89. The SMILES string of the molecule is CC(C)(C)OC(=O)N1CCN(CCOc2ccc(C=O)c(F)c2F)CC1. The number of aldehydes is 1. The average molecular weight is 370 g/mol.